The molecule has 0 spiro atoms. The van der Waals surface area contributed by atoms with Crippen LogP contribution in [0, 0.1) is 11.7 Å². The largest absolute Gasteiger partial charge is 0.330 e. The summed E-state index contributed by atoms with van der Waals surface area (Å²) in [5.74, 6) is 1.41. The normalized spacial score (nSPS) is 13.8. The number of benzene rings is 2. The lowest BCUT2D eigenvalue weighted by Crippen LogP contribution is -2.16. The van der Waals surface area contributed by atoms with Crippen molar-refractivity contribution in [1.82, 2.24) is 19.5 Å². The van der Waals surface area contributed by atoms with Crippen LogP contribution < -0.4 is 4.72 Å². The van der Waals surface area contributed by atoms with Crippen molar-refractivity contribution in [3.05, 3.63) is 90.0 Å². The van der Waals surface area contributed by atoms with Crippen LogP contribution in [0.15, 0.2) is 72.1 Å². The summed E-state index contributed by atoms with van der Waals surface area (Å²) in [7, 11) is -4.02. The minimum atomic E-state index is -4.02. The molecule has 0 unspecified atom stereocenters. The van der Waals surface area contributed by atoms with Gasteiger partial charge in [0.25, 0.3) is 10.0 Å². The number of imidazole rings is 1. The third kappa shape index (κ3) is 5.31. The highest BCUT2D eigenvalue weighted by molar-refractivity contribution is 7.92. The molecule has 2 aromatic carbocycles. The van der Waals surface area contributed by atoms with Crippen molar-refractivity contribution >= 4 is 16.0 Å². The van der Waals surface area contributed by atoms with Gasteiger partial charge < -0.3 is 4.57 Å². The lowest BCUT2D eigenvalue weighted by atomic mass is 9.97. The number of aromatic nitrogens is 4. The minimum Gasteiger partial charge on any atom is -0.330 e. The summed E-state index contributed by atoms with van der Waals surface area (Å²) in [6.45, 7) is 4.57. The molecule has 36 heavy (non-hydrogen) atoms. The van der Waals surface area contributed by atoms with E-state index in [1.807, 2.05) is 16.8 Å². The predicted octanol–water partition coefficient (Wildman–Crippen LogP) is 5.40. The second-order valence-electron chi connectivity index (χ2n) is 9.60. The van der Waals surface area contributed by atoms with Crippen LogP contribution in [0.2, 0.25) is 0 Å². The van der Waals surface area contributed by atoms with Crippen LogP contribution in [0.5, 0.6) is 0 Å². The van der Waals surface area contributed by atoms with Crippen LogP contribution in [0.4, 0.5) is 10.3 Å². The number of nitrogens with zero attached hydrogens (tertiary/aromatic N) is 4. The number of hydrogen-bond acceptors (Lipinski definition) is 5. The Labute approximate surface area is 210 Å². The first-order valence-electron chi connectivity index (χ1n) is 12.0. The van der Waals surface area contributed by atoms with E-state index in [0.717, 1.165) is 30.7 Å². The number of hydrogen-bond donors (Lipinski definition) is 1. The Bertz CT molecular complexity index is 1480. The lowest BCUT2D eigenvalue weighted by molar-refractivity contribution is 0.594. The van der Waals surface area contributed by atoms with Crippen molar-refractivity contribution in [2.24, 2.45) is 5.92 Å². The molecule has 2 aromatic heterocycles. The van der Waals surface area contributed by atoms with Crippen LogP contribution >= 0.6 is 0 Å². The zero-order chi connectivity index (χ0) is 25.3. The van der Waals surface area contributed by atoms with Gasteiger partial charge in [-0.2, -0.15) is 0 Å². The molecule has 0 aliphatic heterocycles. The van der Waals surface area contributed by atoms with E-state index in [-0.39, 0.29) is 16.7 Å². The third-order valence-corrected chi connectivity index (χ3v) is 7.55. The molecule has 1 aliphatic carbocycles. The predicted molar refractivity (Wildman–Crippen MR) is 137 cm³/mol. The van der Waals surface area contributed by atoms with Crippen LogP contribution in [-0.2, 0) is 23.0 Å². The molecule has 0 saturated heterocycles. The number of anilines is 1. The van der Waals surface area contributed by atoms with Crippen molar-refractivity contribution in [2.45, 2.75) is 50.5 Å². The van der Waals surface area contributed by atoms with Gasteiger partial charge in [-0.3, -0.25) is 0 Å². The molecule has 0 bridgehead atoms. The second-order valence-corrected chi connectivity index (χ2v) is 11.3. The molecule has 186 valence electrons. The van der Waals surface area contributed by atoms with Crippen LogP contribution in [0.25, 0.3) is 11.1 Å². The molecule has 2 heterocycles. The summed E-state index contributed by atoms with van der Waals surface area (Å²) in [6.07, 6.45) is 9.54. The molecular formula is C27H28FN5O2S. The maximum absolute atomic E-state index is 15.3. The fraction of sp³-hybridized carbons (Fsp3) is 0.296. The van der Waals surface area contributed by atoms with Crippen LogP contribution in [0.1, 0.15) is 49.6 Å². The summed E-state index contributed by atoms with van der Waals surface area (Å²) in [5.41, 5.74) is 2.43. The van der Waals surface area contributed by atoms with Crippen molar-refractivity contribution in [2.75, 3.05) is 4.72 Å². The molecule has 5 rings (SSSR count). The fourth-order valence-electron chi connectivity index (χ4n) is 4.34. The molecule has 1 aliphatic rings. The van der Waals surface area contributed by atoms with E-state index in [1.54, 1.807) is 36.5 Å². The zero-order valence-corrected chi connectivity index (χ0v) is 21.0. The van der Waals surface area contributed by atoms with Crippen LogP contribution in [0.3, 0.4) is 0 Å². The Morgan fingerprint density at radius 2 is 1.83 bits per heavy atom. The molecular weight excluding hydrogens is 477 g/mol. The van der Waals surface area contributed by atoms with Gasteiger partial charge in [0.05, 0.1) is 11.4 Å². The molecule has 0 amide bonds. The average Bonchev–Trinajstić information content (AvgIpc) is 3.58. The van der Waals surface area contributed by atoms with Gasteiger partial charge in [-0.15, -0.1) is 0 Å². The van der Waals surface area contributed by atoms with Gasteiger partial charge in [0.2, 0.25) is 5.95 Å². The maximum Gasteiger partial charge on any atom is 0.264 e. The summed E-state index contributed by atoms with van der Waals surface area (Å²) >= 11 is 0. The van der Waals surface area contributed by atoms with E-state index in [1.165, 1.54) is 18.5 Å². The first kappa shape index (κ1) is 24.1. The third-order valence-electron chi connectivity index (χ3n) is 6.16. The fourth-order valence-corrected chi connectivity index (χ4v) is 5.51. The van der Waals surface area contributed by atoms with Gasteiger partial charge in [0, 0.05) is 41.8 Å². The monoisotopic (exact) mass is 505 g/mol. The number of nitrogens with one attached hydrogen (secondary N) is 1. The Hall–Kier alpha value is -3.59. The van der Waals surface area contributed by atoms with E-state index >= 15 is 4.39 Å². The van der Waals surface area contributed by atoms with Gasteiger partial charge in [-0.1, -0.05) is 32.0 Å². The summed E-state index contributed by atoms with van der Waals surface area (Å²) in [4.78, 5) is 12.4. The molecule has 1 fully saturated rings. The molecule has 0 radical (unpaired) electrons. The summed E-state index contributed by atoms with van der Waals surface area (Å²) < 4.78 is 46.4. The van der Waals surface area contributed by atoms with Crippen molar-refractivity contribution in [3.8, 4) is 11.1 Å². The lowest BCUT2D eigenvalue weighted by Gasteiger charge is -2.15. The molecule has 0 atom stereocenters. The molecule has 9 heteroatoms. The topological polar surface area (TPSA) is 89.8 Å². The second kappa shape index (κ2) is 9.81. The van der Waals surface area contributed by atoms with Crippen LogP contribution in [-0.4, -0.2) is 27.9 Å². The van der Waals surface area contributed by atoms with E-state index in [0.29, 0.717) is 35.1 Å². The Balaban J connectivity index is 1.51. The Morgan fingerprint density at radius 1 is 1.06 bits per heavy atom. The average molecular weight is 506 g/mol. The van der Waals surface area contributed by atoms with Gasteiger partial charge in [-0.05, 0) is 60.6 Å². The van der Waals surface area contributed by atoms with Crippen molar-refractivity contribution in [3.63, 3.8) is 0 Å². The maximum atomic E-state index is 15.3. The molecule has 4 aromatic rings. The summed E-state index contributed by atoms with van der Waals surface area (Å²) in [6, 6.07) is 11.7. The van der Waals surface area contributed by atoms with E-state index in [2.05, 4.69) is 33.5 Å². The Kier molecular flexibility index (Phi) is 6.57. The van der Waals surface area contributed by atoms with Gasteiger partial charge in [-0.25, -0.2) is 32.5 Å². The van der Waals surface area contributed by atoms with E-state index < -0.39 is 10.0 Å². The number of rotatable bonds is 9. The van der Waals surface area contributed by atoms with E-state index in [9.17, 15) is 8.42 Å². The summed E-state index contributed by atoms with van der Waals surface area (Å²) in [5, 5.41) is 0. The highest BCUT2D eigenvalue weighted by Gasteiger charge is 2.28. The number of sulfonamides is 1. The highest BCUT2D eigenvalue weighted by Crippen LogP contribution is 2.39. The van der Waals surface area contributed by atoms with Gasteiger partial charge in [0.1, 0.15) is 11.6 Å². The Morgan fingerprint density at radius 3 is 2.53 bits per heavy atom. The standard InChI is InChI=1S/C27H28FN5O2S/c1-18(2)14-19-4-9-25(36(34,35)32-27-30-10-3-11-31-27)23(15-19)21-7-8-22(24(28)16-21)17-33-13-12-29-26(33)20-5-6-20/h3-4,7-13,15-16,18,20H,5-6,14,17H2,1-2H3,(H,30,31,32). The quantitative estimate of drug-likeness (QED) is 0.329. The zero-order valence-electron chi connectivity index (χ0n) is 20.2. The molecule has 1 N–H and O–H groups in total. The van der Waals surface area contributed by atoms with Crippen molar-refractivity contribution < 1.29 is 12.8 Å². The van der Waals surface area contributed by atoms with Gasteiger partial charge >= 0.3 is 0 Å². The van der Waals surface area contributed by atoms with Gasteiger partial charge in [0.15, 0.2) is 0 Å². The smallest absolute Gasteiger partial charge is 0.264 e. The van der Waals surface area contributed by atoms with E-state index in [4.69, 9.17) is 0 Å². The van der Waals surface area contributed by atoms with Crippen molar-refractivity contribution in [1.29, 1.82) is 0 Å². The number of halogens is 1. The first-order valence-corrected chi connectivity index (χ1v) is 13.5. The SMILES string of the molecule is CC(C)Cc1ccc(S(=O)(=O)Nc2ncccn2)c(-c2ccc(Cn3ccnc3C3CC3)c(F)c2)c1. The highest BCUT2D eigenvalue weighted by atomic mass is 32.2. The molecule has 7 nitrogen and oxygen atoms in total. The minimum absolute atomic E-state index is 0.0250. The first-order chi connectivity index (χ1) is 17.3. The molecule has 1 saturated carbocycles.